The molecule has 1 aromatic carbocycles. The normalized spacial score (nSPS) is 11.9. The molecule has 0 fully saturated rings. The molecule has 142 valence electrons. The van der Waals surface area contributed by atoms with Gasteiger partial charge in [-0.15, -0.1) is 0 Å². The van der Waals surface area contributed by atoms with Crippen LogP contribution in [-0.4, -0.2) is 36.7 Å². The quantitative estimate of drug-likeness (QED) is 0.657. The van der Waals surface area contributed by atoms with Gasteiger partial charge in [-0.3, -0.25) is 14.2 Å². The largest absolute Gasteiger partial charge is 0.354 e. The molecular formula is C19H21N3O4S. The van der Waals surface area contributed by atoms with Gasteiger partial charge in [-0.25, -0.2) is 13.1 Å². The van der Waals surface area contributed by atoms with Crippen molar-refractivity contribution < 1.29 is 18.0 Å². The van der Waals surface area contributed by atoms with Gasteiger partial charge in [0, 0.05) is 22.8 Å². The summed E-state index contributed by atoms with van der Waals surface area (Å²) in [5, 5.41) is 0.742. The summed E-state index contributed by atoms with van der Waals surface area (Å²) in [5.74, 6) is -0.434. The number of nitrogens with one attached hydrogen (secondary N) is 2. The van der Waals surface area contributed by atoms with Crippen LogP contribution in [0.2, 0.25) is 0 Å². The second kappa shape index (κ2) is 6.79. The molecule has 3 rings (SSSR count). The molecule has 0 amide bonds. The predicted octanol–water partition coefficient (Wildman–Crippen LogP) is 2.64. The van der Waals surface area contributed by atoms with E-state index in [4.69, 9.17) is 0 Å². The zero-order valence-corrected chi connectivity index (χ0v) is 16.4. The molecule has 0 aliphatic heterocycles. The highest BCUT2D eigenvalue weighted by Gasteiger charge is 2.24. The Morgan fingerprint density at radius 3 is 2.52 bits per heavy atom. The standard InChI is InChI=1S/C19H21N3O4S/c1-5-15-17(12(3)23)11(2)21-18(15)19(24)22-9-8-13-6-7-14(10-16(13)22)27(25,26)20-4/h6-10,20-21H,5H2,1-4H3. The van der Waals surface area contributed by atoms with Gasteiger partial charge in [0.25, 0.3) is 5.91 Å². The molecule has 0 saturated heterocycles. The lowest BCUT2D eigenvalue weighted by Gasteiger charge is -2.07. The van der Waals surface area contributed by atoms with Crippen LogP contribution in [0.4, 0.5) is 0 Å². The van der Waals surface area contributed by atoms with Crippen molar-refractivity contribution in [1.29, 1.82) is 0 Å². The van der Waals surface area contributed by atoms with E-state index in [2.05, 4.69) is 9.71 Å². The number of hydrogen-bond donors (Lipinski definition) is 2. The molecule has 0 spiro atoms. The van der Waals surface area contributed by atoms with Crippen LogP contribution in [0.15, 0.2) is 35.4 Å². The van der Waals surface area contributed by atoms with Gasteiger partial charge in [0.15, 0.2) is 5.78 Å². The number of H-pyrrole nitrogens is 1. The molecule has 27 heavy (non-hydrogen) atoms. The van der Waals surface area contributed by atoms with Gasteiger partial charge in [-0.1, -0.05) is 13.0 Å². The van der Waals surface area contributed by atoms with Gasteiger partial charge in [-0.2, -0.15) is 0 Å². The second-order valence-electron chi connectivity index (χ2n) is 6.31. The van der Waals surface area contributed by atoms with E-state index in [1.54, 1.807) is 25.3 Å². The van der Waals surface area contributed by atoms with Crippen molar-refractivity contribution in [3.05, 3.63) is 53.0 Å². The smallest absolute Gasteiger partial charge is 0.279 e. The average molecular weight is 387 g/mol. The highest BCUT2D eigenvalue weighted by molar-refractivity contribution is 7.89. The minimum Gasteiger partial charge on any atom is -0.354 e. The Labute approximate surface area is 157 Å². The fourth-order valence-electron chi connectivity index (χ4n) is 3.38. The van der Waals surface area contributed by atoms with E-state index in [1.165, 1.54) is 30.7 Å². The van der Waals surface area contributed by atoms with Crippen LogP contribution in [0.5, 0.6) is 0 Å². The molecule has 3 aromatic rings. The number of Topliss-reactive ketones (excluding diaryl/α,β-unsaturated/α-hetero) is 1. The molecular weight excluding hydrogens is 366 g/mol. The third-order valence-electron chi connectivity index (χ3n) is 4.67. The number of ketones is 1. The Morgan fingerprint density at radius 1 is 1.22 bits per heavy atom. The average Bonchev–Trinajstić information content (AvgIpc) is 3.21. The van der Waals surface area contributed by atoms with Crippen molar-refractivity contribution in [2.24, 2.45) is 0 Å². The Bertz CT molecular complexity index is 1170. The summed E-state index contributed by atoms with van der Waals surface area (Å²) in [6.45, 7) is 5.12. The maximum Gasteiger partial charge on any atom is 0.279 e. The highest BCUT2D eigenvalue weighted by Crippen LogP contribution is 2.25. The zero-order chi connectivity index (χ0) is 19.9. The fraction of sp³-hybridized carbons (Fsp3) is 0.263. The lowest BCUT2D eigenvalue weighted by molar-refractivity contribution is 0.0959. The summed E-state index contributed by atoms with van der Waals surface area (Å²) in [6, 6.07) is 6.36. The number of carbonyl (C=O) groups is 2. The van der Waals surface area contributed by atoms with E-state index in [0.717, 1.165) is 5.39 Å². The van der Waals surface area contributed by atoms with Gasteiger partial charge in [0.1, 0.15) is 5.69 Å². The van der Waals surface area contributed by atoms with Crippen LogP contribution >= 0.6 is 0 Å². The molecule has 0 atom stereocenters. The number of aryl methyl sites for hydroxylation is 1. The SMILES string of the molecule is CCc1c(C(=O)n2ccc3ccc(S(=O)(=O)NC)cc32)[nH]c(C)c1C(C)=O. The first-order valence-corrected chi connectivity index (χ1v) is 10.0. The first-order chi connectivity index (χ1) is 12.7. The van der Waals surface area contributed by atoms with E-state index in [-0.39, 0.29) is 16.6 Å². The number of benzene rings is 1. The minimum absolute atomic E-state index is 0.0769. The van der Waals surface area contributed by atoms with Gasteiger partial charge < -0.3 is 4.98 Å². The molecule has 7 nitrogen and oxygen atoms in total. The molecule has 2 heterocycles. The number of carbonyl (C=O) groups excluding carboxylic acids is 2. The Morgan fingerprint density at radius 2 is 1.93 bits per heavy atom. The Kier molecular flexibility index (Phi) is 4.79. The number of sulfonamides is 1. The molecule has 8 heteroatoms. The molecule has 0 radical (unpaired) electrons. The Hall–Kier alpha value is -2.71. The molecule has 0 bridgehead atoms. The summed E-state index contributed by atoms with van der Waals surface area (Å²) >= 11 is 0. The van der Waals surface area contributed by atoms with E-state index < -0.39 is 10.0 Å². The number of nitrogens with zero attached hydrogens (tertiary/aromatic N) is 1. The van der Waals surface area contributed by atoms with Crippen molar-refractivity contribution in [2.75, 3.05) is 7.05 Å². The summed E-state index contributed by atoms with van der Waals surface area (Å²) in [5.41, 5.74) is 2.69. The van der Waals surface area contributed by atoms with E-state index in [1.807, 2.05) is 6.92 Å². The Balaban J connectivity index is 2.19. The van der Waals surface area contributed by atoms with E-state index in [9.17, 15) is 18.0 Å². The number of hydrogen-bond acceptors (Lipinski definition) is 4. The fourth-order valence-corrected chi connectivity index (χ4v) is 4.13. The molecule has 0 aliphatic rings. The number of fused-ring (bicyclic) bond motifs is 1. The van der Waals surface area contributed by atoms with Gasteiger partial charge >= 0.3 is 0 Å². The molecule has 2 aromatic heterocycles. The van der Waals surface area contributed by atoms with Crippen molar-refractivity contribution in [3.8, 4) is 0 Å². The lowest BCUT2D eigenvalue weighted by Crippen LogP contribution is -2.19. The number of rotatable bonds is 5. The van der Waals surface area contributed by atoms with Crippen LogP contribution in [0.3, 0.4) is 0 Å². The monoisotopic (exact) mass is 387 g/mol. The van der Waals surface area contributed by atoms with Crippen molar-refractivity contribution in [3.63, 3.8) is 0 Å². The molecule has 0 saturated carbocycles. The highest BCUT2D eigenvalue weighted by atomic mass is 32.2. The van der Waals surface area contributed by atoms with Crippen LogP contribution in [0.1, 0.15) is 46.0 Å². The third-order valence-corrected chi connectivity index (χ3v) is 6.08. The summed E-state index contributed by atoms with van der Waals surface area (Å²) in [4.78, 5) is 28.2. The lowest BCUT2D eigenvalue weighted by atomic mass is 10.0. The number of aromatic nitrogens is 2. The third kappa shape index (κ3) is 3.11. The molecule has 0 unspecified atom stereocenters. The van der Waals surface area contributed by atoms with Gasteiger partial charge in [0.05, 0.1) is 10.4 Å². The van der Waals surface area contributed by atoms with Gasteiger partial charge in [-0.05, 0) is 51.1 Å². The second-order valence-corrected chi connectivity index (χ2v) is 8.19. The summed E-state index contributed by atoms with van der Waals surface area (Å²) in [7, 11) is -2.29. The predicted molar refractivity (Wildman–Crippen MR) is 103 cm³/mol. The topological polar surface area (TPSA) is 101 Å². The number of aromatic amines is 1. The van der Waals surface area contributed by atoms with Crippen LogP contribution in [0, 0.1) is 6.92 Å². The molecule has 0 aliphatic carbocycles. The van der Waals surface area contributed by atoms with Crippen LogP contribution in [-0.2, 0) is 16.4 Å². The maximum absolute atomic E-state index is 13.2. The zero-order valence-electron chi connectivity index (χ0n) is 15.6. The van der Waals surface area contributed by atoms with Crippen molar-refractivity contribution >= 4 is 32.6 Å². The minimum atomic E-state index is -3.63. The van der Waals surface area contributed by atoms with Crippen molar-refractivity contribution in [2.45, 2.75) is 32.1 Å². The van der Waals surface area contributed by atoms with E-state index >= 15 is 0 Å². The first-order valence-electron chi connectivity index (χ1n) is 8.53. The summed E-state index contributed by atoms with van der Waals surface area (Å²) < 4.78 is 27.9. The van der Waals surface area contributed by atoms with Crippen LogP contribution < -0.4 is 4.72 Å². The maximum atomic E-state index is 13.2. The molecule has 2 N–H and O–H groups in total. The van der Waals surface area contributed by atoms with Crippen LogP contribution in [0.25, 0.3) is 10.9 Å². The van der Waals surface area contributed by atoms with E-state index in [0.29, 0.717) is 34.5 Å². The first kappa shape index (κ1) is 19.1. The summed E-state index contributed by atoms with van der Waals surface area (Å²) in [6.07, 6.45) is 2.13. The van der Waals surface area contributed by atoms with Crippen molar-refractivity contribution in [1.82, 2.24) is 14.3 Å². The van der Waals surface area contributed by atoms with Gasteiger partial charge in [0.2, 0.25) is 10.0 Å².